The van der Waals surface area contributed by atoms with Gasteiger partial charge in [-0.25, -0.2) is 4.57 Å². The van der Waals surface area contributed by atoms with Crippen LogP contribution in [0.15, 0.2) is 60.9 Å². The average molecular weight is 249 g/mol. The third kappa shape index (κ3) is 3.24. The minimum Gasteiger partial charge on any atom is -0.722 e. The van der Waals surface area contributed by atoms with E-state index in [1.165, 1.54) is 12.4 Å². The van der Waals surface area contributed by atoms with E-state index in [2.05, 4.69) is 0 Å². The second kappa shape index (κ2) is 5.23. The molecule has 0 aliphatic heterocycles. The second-order valence-corrected chi connectivity index (χ2v) is 5.14. The number of hydrogen-bond acceptors (Lipinski definition) is 3. The summed E-state index contributed by atoms with van der Waals surface area (Å²) in [5.41, 5.74) is 0.820. The number of rotatable bonds is 4. The fourth-order valence-corrected chi connectivity index (χ4v) is 2.28. The molecule has 1 unspecified atom stereocenters. The summed E-state index contributed by atoms with van der Waals surface area (Å²) in [4.78, 5) is 11.8. The van der Waals surface area contributed by atoms with Crippen molar-refractivity contribution < 1.29 is 18.3 Å². The molecular formula is C12H12NO3P. The summed E-state index contributed by atoms with van der Waals surface area (Å²) >= 11 is 0. The molecule has 1 aromatic carbocycles. The van der Waals surface area contributed by atoms with E-state index in [-0.39, 0.29) is 6.61 Å². The lowest BCUT2D eigenvalue weighted by Crippen LogP contribution is -2.36. The lowest BCUT2D eigenvalue weighted by atomic mass is 10.2. The van der Waals surface area contributed by atoms with Gasteiger partial charge in [0.25, 0.3) is 0 Å². The van der Waals surface area contributed by atoms with E-state index in [1.807, 2.05) is 30.3 Å². The van der Waals surface area contributed by atoms with Gasteiger partial charge in [0.15, 0.2) is 12.4 Å². The summed E-state index contributed by atoms with van der Waals surface area (Å²) in [6.45, 7) is 0.0452. The van der Waals surface area contributed by atoms with E-state index in [4.69, 9.17) is 4.52 Å². The normalized spacial score (nSPS) is 14.2. The van der Waals surface area contributed by atoms with Crippen LogP contribution >= 0.6 is 7.75 Å². The van der Waals surface area contributed by atoms with E-state index in [9.17, 15) is 9.46 Å². The van der Waals surface area contributed by atoms with Crippen molar-refractivity contribution in [2.45, 2.75) is 6.61 Å². The highest BCUT2D eigenvalue weighted by molar-refractivity contribution is 7.43. The summed E-state index contributed by atoms with van der Waals surface area (Å²) in [7, 11) is -4.04. The zero-order valence-electron chi connectivity index (χ0n) is 9.10. The Labute approximate surface area is 99.7 Å². The van der Waals surface area contributed by atoms with Crippen LogP contribution in [0, 0.1) is 0 Å². The molecule has 1 heterocycles. The van der Waals surface area contributed by atoms with Crippen LogP contribution in [0.5, 0.6) is 0 Å². The molecule has 1 aromatic heterocycles. The highest BCUT2D eigenvalue weighted by Gasteiger charge is 2.19. The van der Waals surface area contributed by atoms with Gasteiger partial charge in [0.05, 0.1) is 6.61 Å². The van der Waals surface area contributed by atoms with E-state index >= 15 is 0 Å². The molecule has 0 saturated carbocycles. The molecule has 0 radical (unpaired) electrons. The Kier molecular flexibility index (Phi) is 3.69. The minimum atomic E-state index is -4.04. The molecule has 0 aliphatic rings. The Morgan fingerprint density at radius 1 is 1.06 bits per heavy atom. The first-order valence-electron chi connectivity index (χ1n) is 5.15. The maximum Gasteiger partial charge on any atom is 0.408 e. The van der Waals surface area contributed by atoms with Crippen LogP contribution in [-0.4, -0.2) is 0 Å². The van der Waals surface area contributed by atoms with Crippen molar-refractivity contribution in [3.63, 3.8) is 0 Å². The topological polar surface area (TPSA) is 53.2 Å². The van der Waals surface area contributed by atoms with Gasteiger partial charge in [-0.3, -0.25) is 4.52 Å². The van der Waals surface area contributed by atoms with Crippen LogP contribution in [0.25, 0.3) is 0 Å². The molecule has 88 valence electrons. The standard InChI is InChI=1S/C12H12NO3P/c14-17(15,13-9-5-2-6-10-13)16-11-12-7-3-1-4-8-12/h1-10H,11H2. The van der Waals surface area contributed by atoms with Gasteiger partial charge >= 0.3 is 7.75 Å². The number of aromatic nitrogens is 1. The number of hydrogen-bond donors (Lipinski definition) is 0. The van der Waals surface area contributed by atoms with Gasteiger partial charge in [0, 0.05) is 12.1 Å². The lowest BCUT2D eigenvalue weighted by Gasteiger charge is -2.15. The van der Waals surface area contributed by atoms with E-state index in [0.29, 0.717) is 0 Å². The van der Waals surface area contributed by atoms with Crippen LogP contribution < -0.4 is 9.23 Å². The quantitative estimate of drug-likeness (QED) is 0.772. The van der Waals surface area contributed by atoms with Gasteiger partial charge in [-0.1, -0.05) is 36.4 Å². The predicted octanol–water partition coefficient (Wildman–Crippen LogP) is 1.51. The van der Waals surface area contributed by atoms with Gasteiger partial charge in [0.2, 0.25) is 0 Å². The molecule has 2 rings (SSSR count). The third-order valence-electron chi connectivity index (χ3n) is 2.22. The predicted molar refractivity (Wildman–Crippen MR) is 60.9 cm³/mol. The summed E-state index contributed by atoms with van der Waals surface area (Å²) in [5, 5.41) is 0. The monoisotopic (exact) mass is 249 g/mol. The molecule has 5 heteroatoms. The smallest absolute Gasteiger partial charge is 0.408 e. The van der Waals surface area contributed by atoms with Gasteiger partial charge in [-0.2, -0.15) is 4.34 Å². The molecular weight excluding hydrogens is 237 g/mol. The van der Waals surface area contributed by atoms with Crippen LogP contribution in [-0.2, 0) is 15.7 Å². The average Bonchev–Trinajstić information content (AvgIpc) is 2.39. The van der Waals surface area contributed by atoms with Crippen LogP contribution in [0.1, 0.15) is 5.56 Å². The molecule has 0 spiro atoms. The Balaban J connectivity index is 2.06. The summed E-state index contributed by atoms with van der Waals surface area (Å²) in [6, 6.07) is 14.2. The fraction of sp³-hybridized carbons (Fsp3) is 0.0833. The number of pyridine rings is 1. The third-order valence-corrected chi connectivity index (χ3v) is 3.51. The molecule has 0 aliphatic carbocycles. The molecule has 0 bridgehead atoms. The molecule has 0 fully saturated rings. The summed E-state index contributed by atoms with van der Waals surface area (Å²) < 4.78 is 17.8. The summed E-state index contributed by atoms with van der Waals surface area (Å²) in [6.07, 6.45) is 2.89. The maximum atomic E-state index is 11.8. The summed E-state index contributed by atoms with van der Waals surface area (Å²) in [5.74, 6) is 0. The molecule has 1 atom stereocenters. The first-order valence-corrected chi connectivity index (χ1v) is 6.65. The molecule has 17 heavy (non-hydrogen) atoms. The molecule has 0 amide bonds. The van der Waals surface area contributed by atoms with E-state index < -0.39 is 7.75 Å². The fourth-order valence-electron chi connectivity index (χ4n) is 1.35. The second-order valence-electron chi connectivity index (χ2n) is 3.48. The molecule has 2 aromatic rings. The van der Waals surface area contributed by atoms with Gasteiger partial charge in [0.1, 0.15) is 0 Å². The van der Waals surface area contributed by atoms with Crippen molar-refractivity contribution in [2.24, 2.45) is 0 Å². The maximum absolute atomic E-state index is 11.8. The lowest BCUT2D eigenvalue weighted by molar-refractivity contribution is -0.573. The first-order chi connectivity index (χ1) is 8.18. The Bertz CT molecular complexity index is 516. The zero-order chi connectivity index (χ0) is 12.1. The molecule has 4 nitrogen and oxygen atoms in total. The highest BCUT2D eigenvalue weighted by atomic mass is 31.2. The van der Waals surface area contributed by atoms with Crippen molar-refractivity contribution in [3.8, 4) is 0 Å². The van der Waals surface area contributed by atoms with E-state index in [1.54, 1.807) is 18.2 Å². The Morgan fingerprint density at radius 2 is 1.65 bits per heavy atom. The van der Waals surface area contributed by atoms with Crippen molar-refractivity contribution in [3.05, 3.63) is 66.5 Å². The van der Waals surface area contributed by atoms with Crippen LogP contribution in [0.2, 0.25) is 0 Å². The first kappa shape index (κ1) is 12.0. The van der Waals surface area contributed by atoms with Crippen molar-refractivity contribution >= 4 is 7.75 Å². The van der Waals surface area contributed by atoms with E-state index in [0.717, 1.165) is 9.90 Å². The number of benzene rings is 1. The Morgan fingerprint density at radius 3 is 2.29 bits per heavy atom. The largest absolute Gasteiger partial charge is 0.722 e. The highest BCUT2D eigenvalue weighted by Crippen LogP contribution is 2.31. The molecule has 0 saturated heterocycles. The van der Waals surface area contributed by atoms with Gasteiger partial charge < -0.3 is 4.89 Å². The van der Waals surface area contributed by atoms with Crippen molar-refractivity contribution in [2.75, 3.05) is 0 Å². The SMILES string of the molecule is O=P([O-])(OCc1ccccc1)[n+]1ccccc1. The molecule has 0 N–H and O–H groups in total. The zero-order valence-corrected chi connectivity index (χ0v) is 9.99. The van der Waals surface area contributed by atoms with Gasteiger partial charge in [-0.05, 0) is 5.56 Å². The minimum absolute atomic E-state index is 0.0452. The van der Waals surface area contributed by atoms with Crippen LogP contribution in [0.3, 0.4) is 0 Å². The van der Waals surface area contributed by atoms with Crippen molar-refractivity contribution in [1.29, 1.82) is 0 Å². The van der Waals surface area contributed by atoms with Crippen LogP contribution in [0.4, 0.5) is 0 Å². The van der Waals surface area contributed by atoms with Gasteiger partial charge in [-0.15, -0.1) is 0 Å². The van der Waals surface area contributed by atoms with Crippen molar-refractivity contribution in [1.82, 2.24) is 0 Å². The number of nitrogens with zero attached hydrogens (tertiary/aromatic N) is 1. The Hall–Kier alpha value is -1.48.